The summed E-state index contributed by atoms with van der Waals surface area (Å²) in [6.07, 6.45) is 17.6. The molecule has 25 rings (SSSR count). The van der Waals surface area contributed by atoms with E-state index in [9.17, 15) is 0 Å². The summed E-state index contributed by atoms with van der Waals surface area (Å²) in [5, 5.41) is 5.34. The van der Waals surface area contributed by atoms with E-state index in [-0.39, 0.29) is 37.9 Å². The zero-order valence-corrected chi connectivity index (χ0v) is 87.4. The number of benzene rings is 18. The summed E-state index contributed by atoms with van der Waals surface area (Å²) in [5.74, 6) is 0. The topological polar surface area (TPSA) is 0 Å². The molecule has 0 aromatic heterocycles. The van der Waals surface area contributed by atoms with Crippen molar-refractivity contribution in [1.29, 1.82) is 0 Å². The van der Waals surface area contributed by atoms with E-state index in [1.165, 1.54) is 355 Å². The number of fused-ring (bicyclic) bond motifs is 25. The number of rotatable bonds is 22. The van der Waals surface area contributed by atoms with Gasteiger partial charge in [-0.15, -0.1) is 0 Å². The summed E-state index contributed by atoms with van der Waals surface area (Å²) >= 11 is 0. The van der Waals surface area contributed by atoms with Gasteiger partial charge in [0.1, 0.15) is 0 Å². The number of aryl methyl sites for hydroxylation is 4. The van der Waals surface area contributed by atoms with Gasteiger partial charge < -0.3 is 0 Å². The Balaban J connectivity index is 0.551. The van der Waals surface area contributed by atoms with E-state index in [4.69, 9.17) is 0 Å². The smallest absolute Gasteiger partial charge is 0.0215 e. The SMILES string of the molecule is CCCCCCCCC1(CCCCCCCC)c2cc3c(cc2-c2cc4c(cc21)-c1c(cc(-c2cc(C)cc(-c5cc(C)cc(-c6ccc7c(c6)C(C)(C)c6cc(-c8ccc9c(c8)C(C)(C)c8ccccc8-9)ccc6-7)c5)c2)c2ccccc12)C4(C)C)C(C)(C)c1cc(-c2cc(C)cc(-c4cc(C)cc(-c5ccc6c(c5)C(C)(C)c5cc(-c7ccc8c(c7)C(C)(C)c7ccccc7-8)ccc5-6)c4)c2)c2ccccc2c1-3. The van der Waals surface area contributed by atoms with E-state index in [1.54, 1.807) is 11.1 Å². The monoisotopic (exact) mass is 1850 g/mol. The maximum absolute atomic E-state index is 2.82. The van der Waals surface area contributed by atoms with Gasteiger partial charge in [0.25, 0.3) is 0 Å². The van der Waals surface area contributed by atoms with E-state index >= 15 is 0 Å². The molecule has 0 heterocycles. The second-order valence-corrected chi connectivity index (χ2v) is 47.5. The van der Waals surface area contributed by atoms with Crippen molar-refractivity contribution in [3.8, 4) is 167 Å². The molecular weight excluding hydrogens is 1720 g/mol. The molecule has 0 nitrogen and oxygen atoms in total. The first-order valence-corrected chi connectivity index (χ1v) is 54.0. The third-order valence-electron chi connectivity index (χ3n) is 36.3. The van der Waals surface area contributed by atoms with Crippen LogP contribution in [-0.4, -0.2) is 0 Å². The summed E-state index contributed by atoms with van der Waals surface area (Å²) in [6.45, 7) is 43.4. The van der Waals surface area contributed by atoms with Crippen LogP contribution in [0.25, 0.3) is 188 Å². The Bertz CT molecular complexity index is 7950. The molecule has 0 aliphatic heterocycles. The predicted octanol–water partition coefficient (Wildman–Crippen LogP) is 40.2. The number of hydrogen-bond donors (Lipinski definition) is 0. The highest BCUT2D eigenvalue weighted by Gasteiger charge is 2.50. The van der Waals surface area contributed by atoms with Crippen LogP contribution in [0.15, 0.2) is 315 Å². The second-order valence-electron chi connectivity index (χ2n) is 47.5. The molecule has 0 saturated heterocycles. The number of hydrogen-bond acceptors (Lipinski definition) is 0. The quantitative estimate of drug-likeness (QED) is 0.0593. The molecule has 7 aliphatic carbocycles. The lowest BCUT2D eigenvalue weighted by Crippen LogP contribution is -2.26. The molecule has 0 fully saturated rings. The molecule has 143 heavy (non-hydrogen) atoms. The average molecular weight is 1850 g/mol. The van der Waals surface area contributed by atoms with Crippen LogP contribution >= 0.6 is 0 Å². The molecule has 706 valence electrons. The molecule has 0 saturated carbocycles. The fourth-order valence-electron chi connectivity index (χ4n) is 28.6. The number of unbranched alkanes of at least 4 members (excludes halogenated alkanes) is 10. The van der Waals surface area contributed by atoms with E-state index < -0.39 is 0 Å². The Morgan fingerprint density at radius 3 is 0.699 bits per heavy atom. The zero-order valence-electron chi connectivity index (χ0n) is 87.4. The molecule has 0 heteroatoms. The minimum absolute atomic E-state index is 0.0564. The highest BCUT2D eigenvalue weighted by atomic mass is 14.5. The van der Waals surface area contributed by atoms with Crippen molar-refractivity contribution in [1.82, 2.24) is 0 Å². The van der Waals surface area contributed by atoms with Crippen molar-refractivity contribution in [2.45, 2.75) is 252 Å². The highest BCUT2D eigenvalue weighted by Crippen LogP contribution is 2.66. The normalized spacial score (nSPS) is 15.7. The summed E-state index contributed by atoms with van der Waals surface area (Å²) in [6, 6.07) is 126. The molecule has 0 N–H and O–H groups in total. The maximum Gasteiger partial charge on any atom is 0.0215 e. The molecule has 7 aliphatic rings. The molecule has 0 unspecified atom stereocenters. The first-order chi connectivity index (χ1) is 68.9. The molecule has 0 amide bonds. The standard InChI is InChI=1S/C143H134/c1-19-21-23-25-27-37-59-143(60-38-28-26-24-22-20-2)131-83-119-129(141(15,16)133-79-115(103-39-29-31-43-113(103)135(119)133)101-67-87(5)65-99(71-101)97-63-85(3)61-95(69-97)93-51-57-111-109-55-49-91(75-125(109)139(11,12)127(111)77-93)89-47-53-107-105-41-33-35-45-121(105)137(7,8)123(107)73-89)81-117(131)118-82-130-120(84-132(118)143)136-114-44-32-30-40-104(114)116(80-134(136)142(130,17)18)102-68-88(6)66-100(72-102)98-64-86(4)62-96(70-98)94-52-58-112-110-56-50-92(76-126(110)140(13,14)128(112)78-94)90-48-54-108-106-42-34-36-46-122(106)138(9,10)124(108)74-90/h29-36,39-58,61-84H,19-28,37-38,59-60H2,1-18H3. The van der Waals surface area contributed by atoms with Crippen LogP contribution in [0.3, 0.4) is 0 Å². The van der Waals surface area contributed by atoms with E-state index in [0.717, 1.165) is 12.8 Å². The van der Waals surface area contributed by atoms with Gasteiger partial charge in [-0.3, -0.25) is 0 Å². The van der Waals surface area contributed by atoms with Crippen LogP contribution in [0, 0.1) is 27.7 Å². The average Bonchev–Trinajstić information content (AvgIpc) is 1.51. The molecule has 18 aromatic rings. The Morgan fingerprint density at radius 1 is 0.154 bits per heavy atom. The van der Waals surface area contributed by atoms with Gasteiger partial charge in [0.2, 0.25) is 0 Å². The summed E-state index contributed by atoms with van der Waals surface area (Å²) in [4.78, 5) is 0. The summed E-state index contributed by atoms with van der Waals surface area (Å²) in [5.41, 5.74) is 63.7. The van der Waals surface area contributed by atoms with E-state index in [0.29, 0.717) is 0 Å². The van der Waals surface area contributed by atoms with E-state index in [2.05, 4.69) is 440 Å². The van der Waals surface area contributed by atoms with Crippen LogP contribution in [0.1, 0.15) is 287 Å². The van der Waals surface area contributed by atoms with Gasteiger partial charge in [0.15, 0.2) is 0 Å². The Labute approximate surface area is 850 Å². The van der Waals surface area contributed by atoms with Gasteiger partial charge in [-0.25, -0.2) is 0 Å². The lowest BCUT2D eigenvalue weighted by molar-refractivity contribution is 0.398. The first kappa shape index (κ1) is 90.7. The third kappa shape index (κ3) is 14.0. The van der Waals surface area contributed by atoms with Crippen molar-refractivity contribution >= 4 is 21.5 Å². The second kappa shape index (κ2) is 33.3. The molecule has 0 bridgehead atoms. The Morgan fingerprint density at radius 2 is 0.378 bits per heavy atom. The van der Waals surface area contributed by atoms with Crippen LogP contribution in [0.2, 0.25) is 0 Å². The molecule has 0 radical (unpaired) electrons. The van der Waals surface area contributed by atoms with Crippen LogP contribution in [0.4, 0.5) is 0 Å². The van der Waals surface area contributed by atoms with E-state index in [1.807, 2.05) is 0 Å². The van der Waals surface area contributed by atoms with Crippen LogP contribution < -0.4 is 0 Å². The summed E-state index contributed by atoms with van der Waals surface area (Å²) in [7, 11) is 0. The Kier molecular flexibility index (Phi) is 21.1. The fourth-order valence-corrected chi connectivity index (χ4v) is 28.6. The third-order valence-corrected chi connectivity index (χ3v) is 36.3. The van der Waals surface area contributed by atoms with Gasteiger partial charge in [0, 0.05) is 37.9 Å². The van der Waals surface area contributed by atoms with Gasteiger partial charge in [-0.05, 0) is 426 Å². The Hall–Kier alpha value is -13.5. The largest absolute Gasteiger partial charge is 0.0654 e. The van der Waals surface area contributed by atoms with Crippen molar-refractivity contribution in [2.75, 3.05) is 0 Å². The van der Waals surface area contributed by atoms with Crippen molar-refractivity contribution in [3.05, 3.63) is 416 Å². The van der Waals surface area contributed by atoms with Crippen molar-refractivity contribution in [3.63, 3.8) is 0 Å². The van der Waals surface area contributed by atoms with Crippen molar-refractivity contribution in [2.24, 2.45) is 0 Å². The highest BCUT2D eigenvalue weighted by molar-refractivity contribution is 6.13. The maximum atomic E-state index is 2.82. The van der Waals surface area contributed by atoms with Gasteiger partial charge >= 0.3 is 0 Å². The van der Waals surface area contributed by atoms with Gasteiger partial charge in [-0.2, -0.15) is 0 Å². The first-order valence-electron chi connectivity index (χ1n) is 54.0. The fraction of sp³-hybridized carbons (Fsp3) is 0.273. The van der Waals surface area contributed by atoms with Crippen molar-refractivity contribution < 1.29 is 0 Å². The lowest BCUT2D eigenvalue weighted by Gasteiger charge is -2.34. The predicted molar refractivity (Wildman–Crippen MR) is 611 cm³/mol. The molecule has 0 spiro atoms. The minimum atomic E-state index is -0.308. The van der Waals surface area contributed by atoms with Crippen LogP contribution in [0.5, 0.6) is 0 Å². The summed E-state index contributed by atoms with van der Waals surface area (Å²) < 4.78 is 0. The zero-order chi connectivity index (χ0) is 98.2. The van der Waals surface area contributed by atoms with Crippen LogP contribution in [-0.2, 0) is 37.9 Å². The lowest BCUT2D eigenvalue weighted by atomic mass is 9.69. The molecular formula is C143H134. The van der Waals surface area contributed by atoms with Gasteiger partial charge in [0.05, 0.1) is 0 Å². The molecule has 0 atom stereocenters. The molecule has 18 aromatic carbocycles. The minimum Gasteiger partial charge on any atom is -0.0654 e. The van der Waals surface area contributed by atoms with Gasteiger partial charge in [-0.1, -0.05) is 392 Å².